The highest BCUT2D eigenvalue weighted by Crippen LogP contribution is 2.20. The second kappa shape index (κ2) is 9.47. The van der Waals surface area contributed by atoms with Crippen LogP contribution in [0.25, 0.3) is 0 Å². The minimum Gasteiger partial charge on any atom is -0.409 e. The molecule has 1 aromatic carbocycles. The van der Waals surface area contributed by atoms with Crippen LogP contribution in [0, 0.1) is 18.7 Å². The average Bonchev–Trinajstić information content (AvgIpc) is 2.74. The molecule has 1 atom stereocenters. The third-order valence-corrected chi connectivity index (χ3v) is 4.95. The van der Waals surface area contributed by atoms with Crippen molar-refractivity contribution in [2.45, 2.75) is 25.9 Å². The van der Waals surface area contributed by atoms with Crippen LogP contribution in [0.1, 0.15) is 30.2 Å². The minimum absolute atomic E-state index is 0.0670. The third kappa shape index (κ3) is 5.51. The number of hydrogen-bond donors (Lipinski definition) is 2. The lowest BCUT2D eigenvalue weighted by molar-refractivity contribution is -0.126. The molecule has 1 unspecified atom stereocenters. The summed E-state index contributed by atoms with van der Waals surface area (Å²) in [6.07, 6.45) is 0.892. The van der Waals surface area contributed by atoms with Crippen molar-refractivity contribution in [3.05, 3.63) is 59.7 Å². The molecule has 1 saturated heterocycles. The van der Waals surface area contributed by atoms with Gasteiger partial charge in [-0.2, -0.15) is 0 Å². The third-order valence-electron chi connectivity index (χ3n) is 4.95. The number of amides is 2. The SMILES string of the molecule is Cc1ccc(OC(=O)N2CCC(C(=O)NCC(O)c3ccccc3F)CC2)cn1. The Hall–Kier alpha value is -3.00. The smallest absolute Gasteiger partial charge is 0.409 e. The lowest BCUT2D eigenvalue weighted by Gasteiger charge is -2.30. The van der Waals surface area contributed by atoms with Crippen LogP contribution in [0.3, 0.4) is 0 Å². The number of nitrogens with one attached hydrogen (secondary N) is 1. The van der Waals surface area contributed by atoms with Gasteiger partial charge in [-0.3, -0.25) is 9.78 Å². The van der Waals surface area contributed by atoms with E-state index in [2.05, 4.69) is 10.3 Å². The number of likely N-dealkylation sites (tertiary alicyclic amines) is 1. The Kier molecular flexibility index (Phi) is 6.77. The summed E-state index contributed by atoms with van der Waals surface area (Å²) in [6, 6.07) is 9.36. The van der Waals surface area contributed by atoms with Gasteiger partial charge in [-0.1, -0.05) is 18.2 Å². The van der Waals surface area contributed by atoms with E-state index in [0.29, 0.717) is 31.7 Å². The zero-order valence-electron chi connectivity index (χ0n) is 16.2. The van der Waals surface area contributed by atoms with Crippen molar-refractivity contribution in [1.82, 2.24) is 15.2 Å². The van der Waals surface area contributed by atoms with Crippen molar-refractivity contribution in [3.63, 3.8) is 0 Å². The number of piperidine rings is 1. The summed E-state index contributed by atoms with van der Waals surface area (Å²) in [4.78, 5) is 30.2. The molecule has 0 saturated carbocycles. The van der Waals surface area contributed by atoms with Crippen molar-refractivity contribution in [2.24, 2.45) is 5.92 Å². The first kappa shape index (κ1) is 20.7. The van der Waals surface area contributed by atoms with Crippen molar-refractivity contribution < 1.29 is 23.8 Å². The zero-order chi connectivity index (χ0) is 20.8. The monoisotopic (exact) mass is 401 g/mol. The molecule has 2 amide bonds. The Labute approximate surface area is 168 Å². The molecule has 1 aromatic heterocycles. The Morgan fingerprint density at radius 2 is 2.00 bits per heavy atom. The van der Waals surface area contributed by atoms with E-state index in [1.807, 2.05) is 6.92 Å². The number of aromatic nitrogens is 1. The molecular formula is C21H24FN3O4. The van der Waals surface area contributed by atoms with Gasteiger partial charge in [0.15, 0.2) is 5.75 Å². The van der Waals surface area contributed by atoms with E-state index in [1.165, 1.54) is 24.4 Å². The lowest BCUT2D eigenvalue weighted by Crippen LogP contribution is -2.44. The van der Waals surface area contributed by atoms with Crippen LogP contribution in [-0.2, 0) is 4.79 Å². The van der Waals surface area contributed by atoms with E-state index in [-0.39, 0.29) is 23.9 Å². The van der Waals surface area contributed by atoms with Crippen LogP contribution in [-0.4, -0.2) is 46.6 Å². The van der Waals surface area contributed by atoms with E-state index in [9.17, 15) is 19.1 Å². The highest BCUT2D eigenvalue weighted by molar-refractivity contribution is 5.79. The second-order valence-electron chi connectivity index (χ2n) is 7.05. The largest absolute Gasteiger partial charge is 0.415 e. The maximum Gasteiger partial charge on any atom is 0.415 e. The molecule has 0 aliphatic carbocycles. The summed E-state index contributed by atoms with van der Waals surface area (Å²) in [5.41, 5.74) is 0.979. The molecule has 0 radical (unpaired) electrons. The van der Waals surface area contributed by atoms with Gasteiger partial charge in [0, 0.05) is 36.8 Å². The first-order valence-corrected chi connectivity index (χ1v) is 9.53. The highest BCUT2D eigenvalue weighted by Gasteiger charge is 2.28. The van der Waals surface area contributed by atoms with Gasteiger partial charge in [0.05, 0.1) is 12.3 Å². The van der Waals surface area contributed by atoms with Crippen LogP contribution in [0.5, 0.6) is 5.75 Å². The molecule has 2 N–H and O–H groups in total. The summed E-state index contributed by atoms with van der Waals surface area (Å²) in [5, 5.41) is 12.8. The molecule has 1 aliphatic heterocycles. The number of aliphatic hydroxyl groups excluding tert-OH is 1. The van der Waals surface area contributed by atoms with Gasteiger partial charge in [-0.25, -0.2) is 9.18 Å². The Bertz CT molecular complexity index is 851. The molecule has 29 heavy (non-hydrogen) atoms. The summed E-state index contributed by atoms with van der Waals surface area (Å²) < 4.78 is 19.0. The van der Waals surface area contributed by atoms with Gasteiger partial charge in [0.1, 0.15) is 5.82 Å². The first-order valence-electron chi connectivity index (χ1n) is 9.53. The van der Waals surface area contributed by atoms with Gasteiger partial charge in [0.25, 0.3) is 0 Å². The summed E-state index contributed by atoms with van der Waals surface area (Å²) in [6.45, 7) is 2.57. The minimum atomic E-state index is -1.11. The molecule has 1 aliphatic rings. The number of halogens is 1. The fourth-order valence-corrected chi connectivity index (χ4v) is 3.20. The van der Waals surface area contributed by atoms with E-state index >= 15 is 0 Å². The van der Waals surface area contributed by atoms with Crippen LogP contribution in [0.4, 0.5) is 9.18 Å². The van der Waals surface area contributed by atoms with Crippen LogP contribution in [0.15, 0.2) is 42.6 Å². The van der Waals surface area contributed by atoms with Crippen LogP contribution in [0.2, 0.25) is 0 Å². The normalized spacial score (nSPS) is 15.6. The summed E-state index contributed by atoms with van der Waals surface area (Å²) in [5.74, 6) is -0.614. The molecule has 8 heteroatoms. The standard InChI is InChI=1S/C21H24FN3O4/c1-14-6-7-16(12-23-14)29-21(28)25-10-8-15(9-11-25)20(27)24-13-19(26)17-4-2-3-5-18(17)22/h2-7,12,15,19,26H,8-11,13H2,1H3,(H,24,27). The van der Waals surface area contributed by atoms with Crippen molar-refractivity contribution in [1.29, 1.82) is 0 Å². The molecule has 7 nitrogen and oxygen atoms in total. The van der Waals surface area contributed by atoms with Gasteiger partial charge in [-0.05, 0) is 38.0 Å². The topological polar surface area (TPSA) is 91.8 Å². The van der Waals surface area contributed by atoms with Gasteiger partial charge < -0.3 is 20.1 Å². The molecule has 1 fully saturated rings. The summed E-state index contributed by atoms with van der Waals surface area (Å²) >= 11 is 0. The Morgan fingerprint density at radius 3 is 2.66 bits per heavy atom. The maximum atomic E-state index is 13.7. The number of pyridine rings is 1. The van der Waals surface area contributed by atoms with Gasteiger partial charge in [0.2, 0.25) is 5.91 Å². The molecule has 3 rings (SSSR count). The van der Waals surface area contributed by atoms with E-state index in [4.69, 9.17) is 4.74 Å². The molecule has 2 heterocycles. The lowest BCUT2D eigenvalue weighted by atomic mass is 9.96. The molecule has 0 bridgehead atoms. The number of rotatable bonds is 5. The van der Waals surface area contributed by atoms with Crippen molar-refractivity contribution in [3.8, 4) is 5.75 Å². The average molecular weight is 401 g/mol. The zero-order valence-corrected chi connectivity index (χ0v) is 16.2. The first-order chi connectivity index (χ1) is 13.9. The number of aryl methyl sites for hydroxylation is 1. The second-order valence-corrected chi connectivity index (χ2v) is 7.05. The molecule has 154 valence electrons. The highest BCUT2D eigenvalue weighted by atomic mass is 19.1. The predicted octanol–water partition coefficient (Wildman–Crippen LogP) is 2.59. The van der Waals surface area contributed by atoms with Crippen LogP contribution >= 0.6 is 0 Å². The summed E-state index contributed by atoms with van der Waals surface area (Å²) in [7, 11) is 0. The fraction of sp³-hybridized carbons (Fsp3) is 0.381. The molecule has 0 spiro atoms. The number of hydrogen-bond acceptors (Lipinski definition) is 5. The van der Waals surface area contributed by atoms with E-state index in [1.54, 1.807) is 23.1 Å². The predicted molar refractivity (Wildman–Crippen MR) is 104 cm³/mol. The van der Waals surface area contributed by atoms with Crippen LogP contribution < -0.4 is 10.1 Å². The van der Waals surface area contributed by atoms with E-state index in [0.717, 1.165) is 5.69 Å². The number of carbonyl (C=O) groups excluding carboxylic acids is 2. The van der Waals surface area contributed by atoms with Crippen molar-refractivity contribution >= 4 is 12.0 Å². The number of aliphatic hydroxyl groups is 1. The van der Waals surface area contributed by atoms with Gasteiger partial charge >= 0.3 is 6.09 Å². The number of benzene rings is 1. The Morgan fingerprint density at radius 1 is 1.28 bits per heavy atom. The maximum absolute atomic E-state index is 13.7. The number of carbonyl (C=O) groups is 2. The molecular weight excluding hydrogens is 377 g/mol. The fourth-order valence-electron chi connectivity index (χ4n) is 3.20. The molecule has 2 aromatic rings. The number of nitrogens with zero attached hydrogens (tertiary/aromatic N) is 2. The van der Waals surface area contributed by atoms with E-state index < -0.39 is 18.0 Å². The number of ether oxygens (including phenoxy) is 1. The van der Waals surface area contributed by atoms with Crippen molar-refractivity contribution in [2.75, 3.05) is 19.6 Å². The Balaban J connectivity index is 1.43. The van der Waals surface area contributed by atoms with Gasteiger partial charge in [-0.15, -0.1) is 0 Å². The quantitative estimate of drug-likeness (QED) is 0.804.